The molecule has 0 bridgehead atoms. The third-order valence-electron chi connectivity index (χ3n) is 4.74. The maximum atomic E-state index is 14.0. The predicted octanol–water partition coefficient (Wildman–Crippen LogP) is 3.32. The number of hydrogen-bond donors (Lipinski definition) is 1. The Hall–Kier alpha value is -0.450. The molecule has 0 aromatic heterocycles. The minimum atomic E-state index is -0.143. The molecular formula is C15H20BrFN2. The predicted molar refractivity (Wildman–Crippen MR) is 78.3 cm³/mol. The minimum absolute atomic E-state index is 0.0168. The lowest BCUT2D eigenvalue weighted by Crippen LogP contribution is -2.33. The number of rotatable bonds is 3. The lowest BCUT2D eigenvalue weighted by atomic mass is 10.0. The van der Waals surface area contributed by atoms with Crippen molar-refractivity contribution in [1.82, 2.24) is 4.90 Å². The highest BCUT2D eigenvalue weighted by atomic mass is 79.9. The van der Waals surface area contributed by atoms with Gasteiger partial charge in [-0.2, -0.15) is 0 Å². The van der Waals surface area contributed by atoms with E-state index in [2.05, 4.69) is 20.8 Å². The van der Waals surface area contributed by atoms with Crippen LogP contribution >= 0.6 is 15.9 Å². The SMILES string of the molecule is NCC(c1cc(Br)ccc1F)N1CC2CCCC2C1. The molecule has 4 heteroatoms. The Balaban J connectivity index is 1.83. The van der Waals surface area contributed by atoms with E-state index in [0.717, 1.165) is 35.0 Å². The largest absolute Gasteiger partial charge is 0.329 e. The standard InChI is InChI=1S/C15H20BrFN2/c16-12-4-5-14(17)13(6-12)15(7-18)19-8-10-2-1-3-11(10)9-19/h4-6,10-11,15H,1-3,7-9,18H2. The molecule has 1 aliphatic heterocycles. The van der Waals surface area contributed by atoms with E-state index in [-0.39, 0.29) is 11.9 Å². The van der Waals surface area contributed by atoms with Crippen LogP contribution in [0.4, 0.5) is 4.39 Å². The van der Waals surface area contributed by atoms with E-state index >= 15 is 0 Å². The number of nitrogens with zero attached hydrogens (tertiary/aromatic N) is 1. The van der Waals surface area contributed by atoms with E-state index in [0.29, 0.717) is 6.54 Å². The molecule has 1 saturated carbocycles. The number of hydrogen-bond acceptors (Lipinski definition) is 2. The lowest BCUT2D eigenvalue weighted by Gasteiger charge is -2.28. The van der Waals surface area contributed by atoms with Gasteiger partial charge in [-0.05, 0) is 42.9 Å². The van der Waals surface area contributed by atoms with E-state index in [1.54, 1.807) is 6.07 Å². The van der Waals surface area contributed by atoms with Gasteiger partial charge in [0.15, 0.2) is 0 Å². The van der Waals surface area contributed by atoms with Crippen LogP contribution in [-0.2, 0) is 0 Å². The Morgan fingerprint density at radius 3 is 2.63 bits per heavy atom. The van der Waals surface area contributed by atoms with Gasteiger partial charge in [0, 0.05) is 35.7 Å². The van der Waals surface area contributed by atoms with Crippen LogP contribution in [0.5, 0.6) is 0 Å². The number of benzene rings is 1. The van der Waals surface area contributed by atoms with Crippen LogP contribution in [0.3, 0.4) is 0 Å². The molecule has 2 N–H and O–H groups in total. The molecule has 0 spiro atoms. The number of nitrogens with two attached hydrogens (primary N) is 1. The highest BCUT2D eigenvalue weighted by Crippen LogP contribution is 2.41. The van der Waals surface area contributed by atoms with E-state index in [1.807, 2.05) is 6.07 Å². The van der Waals surface area contributed by atoms with Gasteiger partial charge in [-0.1, -0.05) is 22.4 Å². The van der Waals surface area contributed by atoms with Crippen molar-refractivity contribution < 1.29 is 4.39 Å². The Kier molecular flexibility index (Phi) is 3.92. The monoisotopic (exact) mass is 326 g/mol. The first-order valence-corrected chi connectivity index (χ1v) is 7.87. The third-order valence-corrected chi connectivity index (χ3v) is 5.23. The first kappa shape index (κ1) is 13.5. The van der Waals surface area contributed by atoms with Gasteiger partial charge in [-0.3, -0.25) is 4.90 Å². The van der Waals surface area contributed by atoms with Gasteiger partial charge in [0.05, 0.1) is 0 Å². The lowest BCUT2D eigenvalue weighted by molar-refractivity contribution is 0.227. The number of likely N-dealkylation sites (tertiary alicyclic amines) is 1. The molecule has 0 amide bonds. The van der Waals surface area contributed by atoms with Crippen molar-refractivity contribution in [2.24, 2.45) is 17.6 Å². The molecular weight excluding hydrogens is 307 g/mol. The zero-order chi connectivity index (χ0) is 13.4. The van der Waals surface area contributed by atoms with Gasteiger partial charge in [-0.15, -0.1) is 0 Å². The molecule has 1 aliphatic carbocycles. The van der Waals surface area contributed by atoms with Crippen molar-refractivity contribution in [2.45, 2.75) is 25.3 Å². The van der Waals surface area contributed by atoms with Crippen molar-refractivity contribution in [3.8, 4) is 0 Å². The third kappa shape index (κ3) is 2.58. The van der Waals surface area contributed by atoms with Crippen molar-refractivity contribution in [2.75, 3.05) is 19.6 Å². The first-order chi connectivity index (χ1) is 9.19. The van der Waals surface area contributed by atoms with Crippen molar-refractivity contribution in [1.29, 1.82) is 0 Å². The molecule has 2 aliphatic rings. The maximum absolute atomic E-state index is 14.0. The summed E-state index contributed by atoms with van der Waals surface area (Å²) in [6.07, 6.45) is 4.03. The summed E-state index contributed by atoms with van der Waals surface area (Å²) in [5.41, 5.74) is 6.66. The average molecular weight is 327 g/mol. The Labute approximate surface area is 122 Å². The van der Waals surface area contributed by atoms with Gasteiger partial charge >= 0.3 is 0 Å². The van der Waals surface area contributed by atoms with E-state index in [4.69, 9.17) is 5.73 Å². The summed E-state index contributed by atoms with van der Waals surface area (Å²) < 4.78 is 15.0. The van der Waals surface area contributed by atoms with Crippen LogP contribution in [0.2, 0.25) is 0 Å². The second-order valence-electron chi connectivity index (χ2n) is 5.82. The zero-order valence-electron chi connectivity index (χ0n) is 11.0. The molecule has 1 saturated heterocycles. The Morgan fingerprint density at radius 1 is 1.32 bits per heavy atom. The molecule has 3 unspecified atom stereocenters. The molecule has 2 fully saturated rings. The zero-order valence-corrected chi connectivity index (χ0v) is 12.6. The van der Waals surface area contributed by atoms with E-state index < -0.39 is 0 Å². The van der Waals surface area contributed by atoms with E-state index in [9.17, 15) is 4.39 Å². The van der Waals surface area contributed by atoms with E-state index in [1.165, 1.54) is 25.3 Å². The van der Waals surface area contributed by atoms with Gasteiger partial charge in [0.1, 0.15) is 5.82 Å². The summed E-state index contributed by atoms with van der Waals surface area (Å²) in [5.74, 6) is 1.48. The minimum Gasteiger partial charge on any atom is -0.329 e. The molecule has 3 rings (SSSR count). The average Bonchev–Trinajstić information content (AvgIpc) is 2.95. The summed E-state index contributed by atoms with van der Waals surface area (Å²) in [7, 11) is 0. The fourth-order valence-electron chi connectivity index (χ4n) is 3.77. The van der Waals surface area contributed by atoms with Crippen LogP contribution in [0.1, 0.15) is 30.9 Å². The van der Waals surface area contributed by atoms with Crippen LogP contribution in [0, 0.1) is 17.7 Å². The molecule has 104 valence electrons. The number of halogens is 2. The summed E-state index contributed by atoms with van der Waals surface area (Å²) in [6, 6.07) is 5.16. The van der Waals surface area contributed by atoms with Gasteiger partial charge in [-0.25, -0.2) is 4.39 Å². The van der Waals surface area contributed by atoms with Crippen molar-refractivity contribution >= 4 is 15.9 Å². The molecule has 19 heavy (non-hydrogen) atoms. The highest BCUT2D eigenvalue weighted by molar-refractivity contribution is 9.10. The first-order valence-electron chi connectivity index (χ1n) is 7.08. The summed E-state index contributed by atoms with van der Waals surface area (Å²) in [6.45, 7) is 2.64. The second kappa shape index (κ2) is 5.51. The Bertz CT molecular complexity index is 453. The van der Waals surface area contributed by atoms with Crippen molar-refractivity contribution in [3.05, 3.63) is 34.1 Å². The van der Waals surface area contributed by atoms with Crippen LogP contribution in [-0.4, -0.2) is 24.5 Å². The molecule has 1 aromatic carbocycles. The highest BCUT2D eigenvalue weighted by Gasteiger charge is 2.39. The molecule has 0 radical (unpaired) electrons. The summed E-state index contributed by atoms with van der Waals surface area (Å²) >= 11 is 3.42. The van der Waals surface area contributed by atoms with Crippen LogP contribution in [0.15, 0.2) is 22.7 Å². The topological polar surface area (TPSA) is 29.3 Å². The summed E-state index contributed by atoms with van der Waals surface area (Å²) in [4.78, 5) is 2.39. The molecule has 3 atom stereocenters. The fraction of sp³-hybridized carbons (Fsp3) is 0.600. The number of fused-ring (bicyclic) bond motifs is 1. The van der Waals surface area contributed by atoms with Crippen LogP contribution in [0.25, 0.3) is 0 Å². The van der Waals surface area contributed by atoms with Gasteiger partial charge in [0.2, 0.25) is 0 Å². The normalized spacial score (nSPS) is 28.6. The maximum Gasteiger partial charge on any atom is 0.128 e. The van der Waals surface area contributed by atoms with Gasteiger partial charge in [0.25, 0.3) is 0 Å². The molecule has 2 nitrogen and oxygen atoms in total. The van der Waals surface area contributed by atoms with Crippen molar-refractivity contribution in [3.63, 3.8) is 0 Å². The smallest absolute Gasteiger partial charge is 0.128 e. The summed E-state index contributed by atoms with van der Waals surface area (Å²) in [5, 5.41) is 0. The fourth-order valence-corrected chi connectivity index (χ4v) is 4.15. The molecule has 1 heterocycles. The van der Waals surface area contributed by atoms with Gasteiger partial charge < -0.3 is 5.73 Å². The Morgan fingerprint density at radius 2 is 2.00 bits per heavy atom. The second-order valence-corrected chi connectivity index (χ2v) is 6.74. The molecule has 1 aromatic rings. The van der Waals surface area contributed by atoms with Crippen LogP contribution < -0.4 is 5.73 Å². The quantitative estimate of drug-likeness (QED) is 0.923.